The molecule has 0 bridgehead atoms. The summed E-state index contributed by atoms with van der Waals surface area (Å²) in [4.78, 5) is 2.71. The van der Waals surface area contributed by atoms with Gasteiger partial charge in [-0.1, -0.05) is 91.2 Å². The summed E-state index contributed by atoms with van der Waals surface area (Å²) in [5.41, 5.74) is 4.23. The zero-order chi connectivity index (χ0) is 21.8. The molecule has 1 N–H and O–H groups in total. The van der Waals surface area contributed by atoms with Gasteiger partial charge in [0.05, 0.1) is 0 Å². The van der Waals surface area contributed by atoms with Gasteiger partial charge in [-0.2, -0.15) is 0 Å². The van der Waals surface area contributed by atoms with E-state index in [0.717, 1.165) is 18.0 Å². The van der Waals surface area contributed by atoms with Gasteiger partial charge in [0.25, 0.3) is 0 Å². The first kappa shape index (κ1) is 22.4. The van der Waals surface area contributed by atoms with Gasteiger partial charge in [-0.15, -0.1) is 11.8 Å². The number of rotatable bonds is 6. The first-order valence-corrected chi connectivity index (χ1v) is 13.9. The summed E-state index contributed by atoms with van der Waals surface area (Å²) in [7, 11) is 0. The molecule has 0 saturated heterocycles. The Kier molecular flexibility index (Phi) is 7.49. The number of halogens is 1. The molecular weight excluding hydrogens is 450 g/mol. The smallest absolute Gasteiger partial charge is 0.0428 e. The lowest BCUT2D eigenvalue weighted by atomic mass is 9.95. The molecule has 166 valence electrons. The standard InChI is InChI=1S/C28H30ClNS2/c29-22-15-16-25-21(17-22)18-27(24-13-7-8-14-26(24)31-25)32-28(20-9-3-1-4-10-20)19-30-23-11-5-2-6-12-23/h1,3-4,7-10,13-17,23,27-28,30H,2,5-6,11-12,18-19H2/t27-,28-/m0/s1. The summed E-state index contributed by atoms with van der Waals surface area (Å²) in [6.45, 7) is 1.02. The van der Waals surface area contributed by atoms with Crippen molar-refractivity contribution in [2.45, 2.75) is 64.9 Å². The maximum Gasteiger partial charge on any atom is 0.0428 e. The summed E-state index contributed by atoms with van der Waals surface area (Å²) in [6.07, 6.45) is 7.78. The SMILES string of the molecule is Clc1ccc2c(c1)C[C@H](S[C@@H](CNC1CCCCC1)c1ccccc1)c1ccccc1S2. The Morgan fingerprint density at radius 3 is 2.53 bits per heavy atom. The van der Waals surface area contributed by atoms with Crippen LogP contribution in [0.15, 0.2) is 82.6 Å². The maximum absolute atomic E-state index is 6.40. The molecule has 0 radical (unpaired) electrons. The number of thioether (sulfide) groups is 1. The molecule has 1 aliphatic heterocycles. The van der Waals surface area contributed by atoms with E-state index in [0.29, 0.717) is 16.5 Å². The van der Waals surface area contributed by atoms with Gasteiger partial charge in [0.15, 0.2) is 0 Å². The van der Waals surface area contributed by atoms with Crippen molar-refractivity contribution in [1.29, 1.82) is 0 Å². The van der Waals surface area contributed by atoms with E-state index in [1.54, 1.807) is 0 Å². The molecule has 1 aliphatic carbocycles. The third-order valence-corrected chi connectivity index (χ3v) is 9.57. The number of hydrogen-bond donors (Lipinski definition) is 1. The number of fused-ring (bicyclic) bond motifs is 2. The molecule has 1 nitrogen and oxygen atoms in total. The largest absolute Gasteiger partial charge is 0.313 e. The fraction of sp³-hybridized carbons (Fsp3) is 0.357. The average Bonchev–Trinajstić information content (AvgIpc) is 2.99. The molecule has 3 aromatic carbocycles. The van der Waals surface area contributed by atoms with Crippen molar-refractivity contribution < 1.29 is 0 Å². The van der Waals surface area contributed by atoms with E-state index in [1.165, 1.54) is 58.6 Å². The molecule has 4 heteroatoms. The van der Waals surface area contributed by atoms with Crippen LogP contribution in [0.5, 0.6) is 0 Å². The minimum absolute atomic E-state index is 0.400. The average molecular weight is 480 g/mol. The Balaban J connectivity index is 1.43. The van der Waals surface area contributed by atoms with Crippen LogP contribution in [0.2, 0.25) is 5.02 Å². The molecule has 5 rings (SSSR count). The van der Waals surface area contributed by atoms with Crippen LogP contribution in [0, 0.1) is 0 Å². The van der Waals surface area contributed by atoms with Crippen LogP contribution in [-0.4, -0.2) is 12.6 Å². The van der Waals surface area contributed by atoms with Crippen molar-refractivity contribution in [1.82, 2.24) is 5.32 Å². The second kappa shape index (κ2) is 10.7. The van der Waals surface area contributed by atoms with E-state index in [2.05, 4.69) is 83.8 Å². The summed E-state index contributed by atoms with van der Waals surface area (Å²) in [5.74, 6) is 0. The van der Waals surface area contributed by atoms with Gasteiger partial charge in [0, 0.05) is 37.9 Å². The van der Waals surface area contributed by atoms with Crippen molar-refractivity contribution in [3.8, 4) is 0 Å². The van der Waals surface area contributed by atoms with Crippen molar-refractivity contribution in [3.05, 3.63) is 94.5 Å². The highest BCUT2D eigenvalue weighted by molar-refractivity contribution is 8.00. The Morgan fingerprint density at radius 2 is 1.69 bits per heavy atom. The Hall–Kier alpha value is -1.39. The van der Waals surface area contributed by atoms with Crippen LogP contribution >= 0.6 is 35.1 Å². The van der Waals surface area contributed by atoms with E-state index < -0.39 is 0 Å². The summed E-state index contributed by atoms with van der Waals surface area (Å²) < 4.78 is 0. The molecule has 1 saturated carbocycles. The minimum atomic E-state index is 0.400. The van der Waals surface area contributed by atoms with E-state index >= 15 is 0 Å². The van der Waals surface area contributed by atoms with Crippen LogP contribution in [0.3, 0.4) is 0 Å². The molecule has 2 aliphatic rings. The molecule has 1 fully saturated rings. The third kappa shape index (κ3) is 5.39. The molecule has 2 atom stereocenters. The minimum Gasteiger partial charge on any atom is -0.313 e. The van der Waals surface area contributed by atoms with Crippen LogP contribution in [-0.2, 0) is 6.42 Å². The molecule has 0 amide bonds. The number of hydrogen-bond acceptors (Lipinski definition) is 3. The molecule has 0 spiro atoms. The quantitative estimate of drug-likeness (QED) is 0.380. The molecule has 1 heterocycles. The summed E-state index contributed by atoms with van der Waals surface area (Å²) in [5, 5.41) is 5.58. The van der Waals surface area contributed by atoms with E-state index in [1.807, 2.05) is 17.8 Å². The highest BCUT2D eigenvalue weighted by atomic mass is 35.5. The van der Waals surface area contributed by atoms with E-state index in [-0.39, 0.29) is 0 Å². The fourth-order valence-electron chi connectivity index (χ4n) is 4.89. The van der Waals surface area contributed by atoms with Crippen LogP contribution in [0.1, 0.15) is 59.3 Å². The lowest BCUT2D eigenvalue weighted by molar-refractivity contribution is 0.374. The van der Waals surface area contributed by atoms with E-state index in [9.17, 15) is 0 Å². The van der Waals surface area contributed by atoms with Crippen LogP contribution in [0.4, 0.5) is 0 Å². The summed E-state index contributed by atoms with van der Waals surface area (Å²) in [6, 6.07) is 27.1. The van der Waals surface area contributed by atoms with Gasteiger partial charge in [0.1, 0.15) is 0 Å². The van der Waals surface area contributed by atoms with Crippen molar-refractivity contribution in [3.63, 3.8) is 0 Å². The van der Waals surface area contributed by atoms with Crippen molar-refractivity contribution in [2.75, 3.05) is 6.54 Å². The first-order valence-electron chi connectivity index (χ1n) is 11.8. The van der Waals surface area contributed by atoms with Gasteiger partial charge in [-0.3, -0.25) is 0 Å². The summed E-state index contributed by atoms with van der Waals surface area (Å²) >= 11 is 10.4. The fourth-order valence-corrected chi connectivity index (χ4v) is 7.81. The van der Waals surface area contributed by atoms with E-state index in [4.69, 9.17) is 11.6 Å². The topological polar surface area (TPSA) is 12.0 Å². The van der Waals surface area contributed by atoms with Crippen LogP contribution < -0.4 is 5.32 Å². The lowest BCUT2D eigenvalue weighted by Gasteiger charge is -2.28. The monoisotopic (exact) mass is 479 g/mol. The Morgan fingerprint density at radius 1 is 0.906 bits per heavy atom. The van der Waals surface area contributed by atoms with Gasteiger partial charge in [-0.25, -0.2) is 0 Å². The van der Waals surface area contributed by atoms with Crippen molar-refractivity contribution >= 4 is 35.1 Å². The molecule has 3 aromatic rings. The van der Waals surface area contributed by atoms with Gasteiger partial charge in [-0.05, 0) is 60.2 Å². The highest BCUT2D eigenvalue weighted by Gasteiger charge is 2.27. The Bertz CT molecular complexity index is 1030. The second-order valence-corrected chi connectivity index (χ2v) is 11.8. The predicted molar refractivity (Wildman–Crippen MR) is 140 cm³/mol. The normalized spacial score (nSPS) is 19.6. The molecule has 0 aromatic heterocycles. The highest BCUT2D eigenvalue weighted by Crippen LogP contribution is 2.49. The Labute approximate surface area is 205 Å². The first-order chi connectivity index (χ1) is 15.8. The van der Waals surface area contributed by atoms with Gasteiger partial charge < -0.3 is 5.32 Å². The third-order valence-electron chi connectivity index (χ3n) is 6.61. The van der Waals surface area contributed by atoms with Gasteiger partial charge in [0.2, 0.25) is 0 Å². The number of nitrogens with one attached hydrogen (secondary N) is 1. The second-order valence-electron chi connectivity index (χ2n) is 8.86. The molecule has 0 unspecified atom stereocenters. The molecular formula is C28H30ClNS2. The van der Waals surface area contributed by atoms with Gasteiger partial charge >= 0.3 is 0 Å². The molecule has 32 heavy (non-hydrogen) atoms. The van der Waals surface area contributed by atoms with Crippen LogP contribution in [0.25, 0.3) is 0 Å². The zero-order valence-corrected chi connectivity index (χ0v) is 20.7. The van der Waals surface area contributed by atoms with Crippen molar-refractivity contribution in [2.24, 2.45) is 0 Å². The maximum atomic E-state index is 6.40. The predicted octanol–water partition coefficient (Wildman–Crippen LogP) is 8.49. The lowest BCUT2D eigenvalue weighted by Crippen LogP contribution is -2.33. The number of benzene rings is 3. The zero-order valence-electron chi connectivity index (χ0n) is 18.3.